The third kappa shape index (κ3) is 12.8. The van der Waals surface area contributed by atoms with Gasteiger partial charge in [-0.3, -0.25) is 33.3 Å². The molecular formula is C57H57N7O12Si. The molecule has 0 saturated carbocycles. The van der Waals surface area contributed by atoms with Crippen LogP contribution in [0.15, 0.2) is 185 Å². The number of rotatable bonds is 19. The van der Waals surface area contributed by atoms with Gasteiger partial charge >= 0.3 is 23.3 Å². The molecule has 0 bridgehead atoms. The molecule has 3 amide bonds. The second-order valence-electron chi connectivity index (χ2n) is 19.2. The molecule has 0 aliphatic carbocycles. The number of carbonyl (C=O) groups excluding carboxylic acids is 5. The first-order chi connectivity index (χ1) is 37.0. The Balaban J connectivity index is 1.09. The number of esters is 2. The predicted octanol–water partition coefficient (Wildman–Crippen LogP) is 4.22. The first-order valence-electron chi connectivity index (χ1n) is 24.8. The van der Waals surface area contributed by atoms with Crippen molar-refractivity contribution in [2.45, 2.75) is 63.8 Å². The Hall–Kier alpha value is -8.85. The largest absolute Gasteiger partial charge is 0.452 e. The number of nitrogens with zero attached hydrogens (tertiary/aromatic N) is 4. The van der Waals surface area contributed by atoms with Crippen LogP contribution in [0.2, 0.25) is 5.04 Å². The molecule has 77 heavy (non-hydrogen) atoms. The fourth-order valence-corrected chi connectivity index (χ4v) is 13.7. The minimum absolute atomic E-state index is 0.0389. The zero-order chi connectivity index (χ0) is 54.7. The van der Waals surface area contributed by atoms with E-state index in [-0.39, 0.29) is 35.7 Å². The van der Waals surface area contributed by atoms with Crippen molar-refractivity contribution in [2.75, 3.05) is 31.6 Å². The summed E-state index contributed by atoms with van der Waals surface area (Å²) in [5.74, 6) is -3.69. The van der Waals surface area contributed by atoms with Crippen LogP contribution in [0.4, 0.5) is 5.82 Å². The van der Waals surface area contributed by atoms with Gasteiger partial charge in [-0.25, -0.2) is 19.2 Å². The number of nitrogens with one attached hydrogen (secondary N) is 3. The quantitative estimate of drug-likeness (QED) is 0.0761. The van der Waals surface area contributed by atoms with Crippen LogP contribution in [-0.2, 0) is 34.8 Å². The highest BCUT2D eigenvalue weighted by Gasteiger charge is 2.52. The number of hydrogen-bond acceptors (Lipinski definition) is 13. The van der Waals surface area contributed by atoms with Gasteiger partial charge in [-0.1, -0.05) is 136 Å². The van der Waals surface area contributed by atoms with E-state index in [0.29, 0.717) is 5.56 Å². The first-order valence-corrected chi connectivity index (χ1v) is 26.7. The normalized spacial score (nSPS) is 16.2. The summed E-state index contributed by atoms with van der Waals surface area (Å²) in [7, 11) is -3.14. The van der Waals surface area contributed by atoms with E-state index in [9.17, 15) is 38.4 Å². The van der Waals surface area contributed by atoms with E-state index in [4.69, 9.17) is 18.6 Å². The number of benzene rings is 5. The number of ether oxygens (including phenoxy) is 3. The molecule has 0 unspecified atom stereocenters. The van der Waals surface area contributed by atoms with Crippen molar-refractivity contribution in [1.29, 1.82) is 0 Å². The molecule has 1 aliphatic heterocycles. The molecule has 1 aliphatic rings. The van der Waals surface area contributed by atoms with E-state index in [0.717, 1.165) is 19.5 Å². The van der Waals surface area contributed by atoms with E-state index in [1.807, 2.05) is 60.7 Å². The number of aryl methyl sites for hydroxylation is 1. The van der Waals surface area contributed by atoms with Crippen LogP contribution < -0.4 is 37.9 Å². The SMILES string of the molecule is Cc1cn(CC(=O)N(CCO[Si](c2ccccc2)(c2ccccc2)C(C)(C)C)CC(=O)NC[C@H]2O[C@@H](n3ccc(NC(=O)c4ccccc4)nc3=O)[C@H](OC(=O)c3ccccc3)[C@@H]2OC(=O)c2ccccc2)c(=O)[nH]c1=O. The average molecular weight is 1060 g/mol. The third-order valence-electron chi connectivity index (χ3n) is 13.0. The highest BCUT2D eigenvalue weighted by atomic mass is 28.4. The first kappa shape index (κ1) is 54.4. The van der Waals surface area contributed by atoms with Crippen molar-refractivity contribution < 1.29 is 42.6 Å². The maximum atomic E-state index is 14.4. The number of aromatic amines is 1. The maximum absolute atomic E-state index is 14.4. The Labute approximate surface area is 443 Å². The summed E-state index contributed by atoms with van der Waals surface area (Å²) in [5, 5.41) is 6.90. The highest BCUT2D eigenvalue weighted by Crippen LogP contribution is 2.37. The lowest BCUT2D eigenvalue weighted by Gasteiger charge is -2.43. The molecule has 1 saturated heterocycles. The molecule has 3 N–H and O–H groups in total. The van der Waals surface area contributed by atoms with Crippen LogP contribution in [0.3, 0.4) is 0 Å². The molecule has 4 atom stereocenters. The van der Waals surface area contributed by atoms with Crippen LogP contribution in [0.25, 0.3) is 0 Å². The molecule has 7 aromatic rings. The number of aromatic nitrogens is 4. The molecule has 396 valence electrons. The molecule has 1 fully saturated rings. The van der Waals surface area contributed by atoms with E-state index in [1.54, 1.807) is 66.7 Å². The topological polar surface area (TPSA) is 239 Å². The number of H-pyrrole nitrogens is 1. The summed E-state index contributed by atoms with van der Waals surface area (Å²) in [5.41, 5.74) is -1.61. The Kier molecular flexibility index (Phi) is 17.1. The van der Waals surface area contributed by atoms with Gasteiger partial charge in [-0.2, -0.15) is 4.98 Å². The Morgan fingerprint density at radius 2 is 1.23 bits per heavy atom. The van der Waals surface area contributed by atoms with Crippen molar-refractivity contribution >= 4 is 54.2 Å². The number of carbonyl (C=O) groups is 5. The number of hydrogen-bond donors (Lipinski definition) is 3. The lowest BCUT2D eigenvalue weighted by molar-refractivity contribution is -0.137. The summed E-state index contributed by atoms with van der Waals surface area (Å²) in [4.78, 5) is 116. The summed E-state index contributed by atoms with van der Waals surface area (Å²) in [6.07, 6.45) is -3.34. The lowest BCUT2D eigenvalue weighted by atomic mass is 10.1. The second kappa shape index (κ2) is 24.2. The fourth-order valence-electron chi connectivity index (χ4n) is 9.14. The van der Waals surface area contributed by atoms with Gasteiger partial charge in [0.1, 0.15) is 18.5 Å². The average Bonchev–Trinajstić information content (AvgIpc) is 3.76. The van der Waals surface area contributed by atoms with Gasteiger partial charge in [0.2, 0.25) is 11.8 Å². The molecule has 0 radical (unpaired) electrons. The molecule has 19 nitrogen and oxygen atoms in total. The molecule has 0 spiro atoms. The second-order valence-corrected chi connectivity index (χ2v) is 23.5. The molecule has 3 heterocycles. The number of amides is 3. The summed E-state index contributed by atoms with van der Waals surface area (Å²) < 4.78 is 27.8. The van der Waals surface area contributed by atoms with Gasteiger partial charge in [-0.05, 0) is 64.8 Å². The minimum Gasteiger partial charge on any atom is -0.452 e. The zero-order valence-corrected chi connectivity index (χ0v) is 43.7. The molecule has 20 heteroatoms. The molecule has 8 rings (SSSR count). The van der Waals surface area contributed by atoms with E-state index < -0.39 is 104 Å². The zero-order valence-electron chi connectivity index (χ0n) is 42.7. The van der Waals surface area contributed by atoms with Crippen LogP contribution in [0.1, 0.15) is 63.6 Å². The van der Waals surface area contributed by atoms with Crippen molar-refractivity contribution in [1.82, 2.24) is 29.3 Å². The van der Waals surface area contributed by atoms with Crippen LogP contribution in [0.5, 0.6) is 0 Å². The molecular weight excluding hydrogens is 1000 g/mol. The Morgan fingerprint density at radius 1 is 0.714 bits per heavy atom. The van der Waals surface area contributed by atoms with Crippen molar-refractivity contribution in [3.63, 3.8) is 0 Å². The lowest BCUT2D eigenvalue weighted by Crippen LogP contribution is -2.67. The van der Waals surface area contributed by atoms with Gasteiger partial charge < -0.3 is 34.2 Å². The summed E-state index contributed by atoms with van der Waals surface area (Å²) in [6.45, 7) is 6.09. The Morgan fingerprint density at radius 3 is 1.77 bits per heavy atom. The van der Waals surface area contributed by atoms with E-state index in [2.05, 4.69) is 41.4 Å². The van der Waals surface area contributed by atoms with Crippen molar-refractivity contribution in [3.05, 3.63) is 224 Å². The maximum Gasteiger partial charge on any atom is 0.351 e. The van der Waals surface area contributed by atoms with Gasteiger partial charge in [0.05, 0.1) is 24.3 Å². The fraction of sp³-hybridized carbons (Fsp3) is 0.246. The standard InChI is InChI=1S/C57H57N7O12Si/c1-38-35-63(55(71)61-50(38)67)37-47(66)62(32-33-73-77(57(2,3)4,42-26-16-8-17-27-42)43-28-18-9-19-29-43)36-46(65)58-34-44-48(75-53(69)40-22-12-6-13-23-40)49(76-54(70)41-24-14-7-15-25-41)52(74-44)64-31-30-45(60-56(64)72)59-51(68)39-20-10-5-11-21-39/h5-31,35,44,48-49,52H,32-34,36-37H2,1-4H3,(H,58,65)(H,61,67,71)(H,59,60,68,72)/t44-,48-,49-,52-/m1/s1. The van der Waals surface area contributed by atoms with Crippen LogP contribution >= 0.6 is 0 Å². The third-order valence-corrected chi connectivity index (χ3v) is 18.0. The summed E-state index contributed by atoms with van der Waals surface area (Å²) >= 11 is 0. The van der Waals surface area contributed by atoms with Crippen molar-refractivity contribution in [2.24, 2.45) is 0 Å². The van der Waals surface area contributed by atoms with Gasteiger partial charge in [0.15, 0.2) is 18.4 Å². The van der Waals surface area contributed by atoms with Gasteiger partial charge in [0.25, 0.3) is 19.8 Å². The molecule has 5 aromatic carbocycles. The smallest absolute Gasteiger partial charge is 0.351 e. The van der Waals surface area contributed by atoms with Gasteiger partial charge in [-0.15, -0.1) is 0 Å². The van der Waals surface area contributed by atoms with E-state index in [1.165, 1.54) is 54.5 Å². The Bertz CT molecular complexity index is 3350. The molecule has 2 aromatic heterocycles. The van der Waals surface area contributed by atoms with Gasteiger partial charge in [0, 0.05) is 36.6 Å². The van der Waals surface area contributed by atoms with Crippen LogP contribution in [0, 0.1) is 6.92 Å². The minimum atomic E-state index is -3.14. The monoisotopic (exact) mass is 1060 g/mol. The predicted molar refractivity (Wildman–Crippen MR) is 287 cm³/mol. The van der Waals surface area contributed by atoms with Crippen molar-refractivity contribution in [3.8, 4) is 0 Å². The highest BCUT2D eigenvalue weighted by molar-refractivity contribution is 6.99. The summed E-state index contributed by atoms with van der Waals surface area (Å²) in [6, 6.07) is 45.3. The number of anilines is 1. The van der Waals surface area contributed by atoms with E-state index >= 15 is 0 Å². The van der Waals surface area contributed by atoms with Crippen LogP contribution in [-0.4, -0.2) is 107 Å².